The van der Waals surface area contributed by atoms with E-state index in [4.69, 9.17) is 9.47 Å². The molecule has 6 heteroatoms. The molecule has 29 heavy (non-hydrogen) atoms. The van der Waals surface area contributed by atoms with Crippen LogP contribution in [-0.4, -0.2) is 53.5 Å². The Morgan fingerprint density at radius 3 is 2.93 bits per heavy atom. The van der Waals surface area contributed by atoms with Crippen molar-refractivity contribution in [1.82, 2.24) is 14.8 Å². The molecule has 0 saturated carbocycles. The second-order valence-corrected chi connectivity index (χ2v) is 7.99. The normalized spacial score (nSPS) is 22.3. The molecule has 2 aliphatic rings. The van der Waals surface area contributed by atoms with Gasteiger partial charge in [-0.25, -0.2) is 0 Å². The van der Waals surface area contributed by atoms with Gasteiger partial charge in [0.05, 0.1) is 19.3 Å². The molecule has 2 aliphatic heterocycles. The van der Waals surface area contributed by atoms with Crippen molar-refractivity contribution in [2.45, 2.75) is 39.0 Å². The Balaban J connectivity index is 1.51. The van der Waals surface area contributed by atoms with Crippen LogP contribution in [0.25, 0.3) is 0 Å². The van der Waals surface area contributed by atoms with E-state index in [1.165, 1.54) is 0 Å². The van der Waals surface area contributed by atoms with E-state index in [1.54, 1.807) is 14.0 Å². The lowest BCUT2D eigenvalue weighted by Gasteiger charge is -2.37. The Hall–Kier alpha value is -2.60. The van der Waals surface area contributed by atoms with Crippen molar-refractivity contribution in [3.63, 3.8) is 0 Å². The molecule has 0 bridgehead atoms. The number of benzene rings is 1. The Bertz CT molecular complexity index is 843. The van der Waals surface area contributed by atoms with Crippen LogP contribution >= 0.6 is 0 Å². The summed E-state index contributed by atoms with van der Waals surface area (Å²) < 4.78 is 11.8. The zero-order valence-corrected chi connectivity index (χ0v) is 17.2. The molecular weight excluding hydrogens is 366 g/mol. The third-order valence-electron chi connectivity index (χ3n) is 5.93. The van der Waals surface area contributed by atoms with Gasteiger partial charge in [0, 0.05) is 44.2 Å². The molecular formula is C23H29N3O3. The first kappa shape index (κ1) is 19.7. The van der Waals surface area contributed by atoms with E-state index in [1.807, 2.05) is 41.4 Å². The van der Waals surface area contributed by atoms with Crippen LogP contribution in [0.5, 0.6) is 11.5 Å². The van der Waals surface area contributed by atoms with Gasteiger partial charge in [-0.05, 0) is 49.7 Å². The Kier molecular flexibility index (Phi) is 6.00. The number of nitrogens with zero attached hydrogens (tertiary/aromatic N) is 3. The molecule has 0 radical (unpaired) electrons. The molecule has 4 rings (SSSR count). The van der Waals surface area contributed by atoms with Gasteiger partial charge in [0.1, 0.15) is 17.6 Å². The molecule has 154 valence electrons. The van der Waals surface area contributed by atoms with Gasteiger partial charge in [0.25, 0.3) is 0 Å². The van der Waals surface area contributed by atoms with Crippen LogP contribution in [0.3, 0.4) is 0 Å². The van der Waals surface area contributed by atoms with E-state index in [-0.39, 0.29) is 12.0 Å². The van der Waals surface area contributed by atoms with E-state index in [0.29, 0.717) is 19.0 Å². The molecule has 1 amide bonds. The summed E-state index contributed by atoms with van der Waals surface area (Å²) in [5, 5.41) is 0. The number of pyridine rings is 1. The maximum absolute atomic E-state index is 12.3. The fourth-order valence-electron chi connectivity index (χ4n) is 4.35. The van der Waals surface area contributed by atoms with Crippen LogP contribution in [0.4, 0.5) is 0 Å². The van der Waals surface area contributed by atoms with Gasteiger partial charge in [0.15, 0.2) is 0 Å². The van der Waals surface area contributed by atoms with Crippen molar-refractivity contribution in [2.24, 2.45) is 5.92 Å². The van der Waals surface area contributed by atoms with Crippen molar-refractivity contribution in [3.8, 4) is 11.5 Å². The number of amides is 1. The lowest BCUT2D eigenvalue weighted by atomic mass is 9.91. The summed E-state index contributed by atoms with van der Waals surface area (Å²) in [6.07, 6.45) is 4.08. The van der Waals surface area contributed by atoms with Gasteiger partial charge in [0.2, 0.25) is 5.91 Å². The summed E-state index contributed by atoms with van der Waals surface area (Å²) in [5.74, 6) is 2.10. The number of piperidine rings is 1. The number of rotatable bonds is 4. The van der Waals surface area contributed by atoms with Gasteiger partial charge in [-0.3, -0.25) is 14.7 Å². The number of methoxy groups -OCH3 is 1. The van der Waals surface area contributed by atoms with Crippen molar-refractivity contribution in [2.75, 3.05) is 26.7 Å². The quantitative estimate of drug-likeness (QED) is 0.796. The highest BCUT2D eigenvalue weighted by Gasteiger charge is 2.33. The number of ether oxygens (including phenoxy) is 2. The third kappa shape index (κ3) is 4.70. The topological polar surface area (TPSA) is 54.9 Å². The predicted octanol–water partition coefficient (Wildman–Crippen LogP) is 3.11. The van der Waals surface area contributed by atoms with Gasteiger partial charge in [-0.15, -0.1) is 0 Å². The van der Waals surface area contributed by atoms with Gasteiger partial charge in [-0.2, -0.15) is 0 Å². The molecule has 0 spiro atoms. The molecule has 2 aromatic rings. The molecule has 1 aromatic heterocycles. The summed E-state index contributed by atoms with van der Waals surface area (Å²) in [7, 11) is 1.66. The number of hydrogen-bond acceptors (Lipinski definition) is 5. The number of carbonyl (C=O) groups is 1. The molecule has 0 unspecified atom stereocenters. The lowest BCUT2D eigenvalue weighted by molar-refractivity contribution is -0.130. The van der Waals surface area contributed by atoms with Gasteiger partial charge in [-0.1, -0.05) is 6.07 Å². The minimum Gasteiger partial charge on any atom is -0.497 e. The Morgan fingerprint density at radius 1 is 1.28 bits per heavy atom. The zero-order chi connectivity index (χ0) is 20.2. The van der Waals surface area contributed by atoms with Crippen LogP contribution in [0.2, 0.25) is 0 Å². The van der Waals surface area contributed by atoms with E-state index in [9.17, 15) is 4.79 Å². The minimum atomic E-state index is -0.0138. The highest BCUT2D eigenvalue weighted by atomic mass is 16.5. The predicted molar refractivity (Wildman–Crippen MR) is 111 cm³/mol. The first-order valence-corrected chi connectivity index (χ1v) is 10.3. The van der Waals surface area contributed by atoms with Crippen LogP contribution < -0.4 is 9.47 Å². The number of likely N-dealkylation sites (tertiary alicyclic amines) is 1. The van der Waals surface area contributed by atoms with E-state index >= 15 is 0 Å². The highest BCUT2D eigenvalue weighted by Crippen LogP contribution is 2.33. The van der Waals surface area contributed by atoms with Crippen molar-refractivity contribution >= 4 is 5.91 Å². The fourth-order valence-corrected chi connectivity index (χ4v) is 4.35. The highest BCUT2D eigenvalue weighted by molar-refractivity contribution is 5.73. The molecule has 0 N–H and O–H groups in total. The number of carbonyl (C=O) groups excluding carboxylic acids is 1. The van der Waals surface area contributed by atoms with Crippen LogP contribution in [0, 0.1) is 5.92 Å². The van der Waals surface area contributed by atoms with Crippen LogP contribution in [0.1, 0.15) is 31.0 Å². The SMILES string of the molecule is COc1ccc2c(c1)CN(C(C)=O)C[C@@H]([C@@H]1CCCN(Cc3ccccn3)C1)O2. The molecule has 6 nitrogen and oxygen atoms in total. The number of aromatic nitrogens is 1. The lowest BCUT2D eigenvalue weighted by Crippen LogP contribution is -2.46. The number of fused-ring (bicyclic) bond motifs is 1. The second kappa shape index (κ2) is 8.82. The van der Waals surface area contributed by atoms with Gasteiger partial charge >= 0.3 is 0 Å². The van der Waals surface area contributed by atoms with E-state index in [0.717, 1.165) is 55.2 Å². The van der Waals surface area contributed by atoms with Gasteiger partial charge < -0.3 is 14.4 Å². The average molecular weight is 396 g/mol. The molecule has 1 fully saturated rings. The Morgan fingerprint density at radius 2 is 2.17 bits per heavy atom. The third-order valence-corrected chi connectivity index (χ3v) is 5.93. The summed E-state index contributed by atoms with van der Waals surface area (Å²) in [5.41, 5.74) is 2.10. The zero-order valence-electron chi connectivity index (χ0n) is 17.2. The van der Waals surface area contributed by atoms with Crippen LogP contribution in [0.15, 0.2) is 42.6 Å². The fraction of sp³-hybridized carbons (Fsp3) is 0.478. The largest absolute Gasteiger partial charge is 0.497 e. The standard InChI is InChI=1S/C23H29N3O3/c1-17(27)26-14-19-12-21(28-2)8-9-22(19)29-23(16-26)18-6-5-11-25(13-18)15-20-7-3-4-10-24-20/h3-4,7-10,12,18,23H,5-6,11,13-16H2,1-2H3/t18-,23+/m1/s1. The molecule has 3 heterocycles. The van der Waals surface area contributed by atoms with E-state index in [2.05, 4.69) is 16.0 Å². The maximum Gasteiger partial charge on any atom is 0.219 e. The first-order valence-electron chi connectivity index (χ1n) is 10.3. The second-order valence-electron chi connectivity index (χ2n) is 7.99. The maximum atomic E-state index is 12.3. The van der Waals surface area contributed by atoms with Crippen molar-refractivity contribution < 1.29 is 14.3 Å². The molecule has 1 aromatic carbocycles. The van der Waals surface area contributed by atoms with Crippen molar-refractivity contribution in [1.29, 1.82) is 0 Å². The Labute approximate surface area is 172 Å². The first-order chi connectivity index (χ1) is 14.1. The smallest absolute Gasteiger partial charge is 0.219 e. The summed E-state index contributed by atoms with van der Waals surface area (Å²) in [6, 6.07) is 11.9. The number of hydrogen-bond donors (Lipinski definition) is 0. The molecule has 0 aliphatic carbocycles. The summed E-state index contributed by atoms with van der Waals surface area (Å²) >= 11 is 0. The van der Waals surface area contributed by atoms with Crippen LogP contribution in [-0.2, 0) is 17.9 Å². The molecule has 1 saturated heterocycles. The molecule has 2 atom stereocenters. The minimum absolute atomic E-state index is 0.0138. The summed E-state index contributed by atoms with van der Waals surface area (Å²) in [4.78, 5) is 21.1. The van der Waals surface area contributed by atoms with Crippen molar-refractivity contribution in [3.05, 3.63) is 53.9 Å². The van der Waals surface area contributed by atoms with E-state index < -0.39 is 0 Å². The monoisotopic (exact) mass is 395 g/mol. The average Bonchev–Trinajstić information content (AvgIpc) is 2.94. The summed E-state index contributed by atoms with van der Waals surface area (Å²) in [6.45, 7) is 5.70.